The topological polar surface area (TPSA) is 22.3 Å². The Morgan fingerprint density at radius 2 is 1.90 bits per heavy atom. The van der Waals surface area contributed by atoms with E-state index in [-0.39, 0.29) is 0 Å². The fourth-order valence-electron chi connectivity index (χ4n) is 2.64. The lowest BCUT2D eigenvalue weighted by Crippen LogP contribution is -2.37. The second kappa shape index (κ2) is 6.13. The van der Waals surface area contributed by atoms with Crippen LogP contribution in [0.2, 0.25) is 0 Å². The van der Waals surface area contributed by atoms with Gasteiger partial charge in [-0.2, -0.15) is 0 Å². The summed E-state index contributed by atoms with van der Waals surface area (Å²) in [7, 11) is 0. The maximum Gasteiger partial charge on any atom is 0.185 e. The molecule has 21 heavy (non-hydrogen) atoms. The summed E-state index contributed by atoms with van der Waals surface area (Å²) in [6.07, 6.45) is 4.13. The van der Waals surface area contributed by atoms with Crippen LogP contribution in [0.3, 0.4) is 0 Å². The third-order valence-corrected chi connectivity index (χ3v) is 4.36. The summed E-state index contributed by atoms with van der Waals surface area (Å²) in [5.41, 5.74) is 3.65. The Balaban J connectivity index is 1.88. The number of nitrogens with zero attached hydrogens (tertiary/aromatic N) is 3. The number of morpholine rings is 1. The lowest BCUT2D eigenvalue weighted by molar-refractivity contribution is 0.0232. The minimum atomic E-state index is 0.811. The second-order valence-electron chi connectivity index (χ2n) is 5.58. The van der Waals surface area contributed by atoms with Crippen molar-refractivity contribution >= 4 is 12.2 Å². The van der Waals surface area contributed by atoms with Gasteiger partial charge >= 0.3 is 0 Å². The van der Waals surface area contributed by atoms with Crippen LogP contribution in [0, 0.1) is 18.6 Å². The number of imidazole rings is 1. The minimum Gasteiger partial charge on any atom is -0.379 e. The van der Waals surface area contributed by atoms with Crippen LogP contribution in [0.1, 0.15) is 11.1 Å². The summed E-state index contributed by atoms with van der Waals surface area (Å²) in [5, 5.41) is 0. The van der Waals surface area contributed by atoms with E-state index in [4.69, 9.17) is 17.0 Å². The van der Waals surface area contributed by atoms with Gasteiger partial charge in [0, 0.05) is 25.5 Å². The number of ether oxygens (including phenoxy) is 1. The van der Waals surface area contributed by atoms with E-state index in [0.717, 1.165) is 37.7 Å². The van der Waals surface area contributed by atoms with Gasteiger partial charge in [0.15, 0.2) is 4.77 Å². The van der Waals surface area contributed by atoms with Gasteiger partial charge in [-0.3, -0.25) is 9.47 Å². The maximum atomic E-state index is 5.65. The van der Waals surface area contributed by atoms with Crippen LogP contribution in [-0.2, 0) is 11.4 Å². The number of hydrogen-bond acceptors (Lipinski definition) is 3. The molecule has 0 N–H and O–H groups in total. The molecule has 0 spiro atoms. The van der Waals surface area contributed by atoms with Crippen molar-refractivity contribution in [1.82, 2.24) is 14.0 Å². The van der Waals surface area contributed by atoms with Crippen molar-refractivity contribution < 1.29 is 4.74 Å². The van der Waals surface area contributed by atoms with Crippen molar-refractivity contribution in [2.24, 2.45) is 0 Å². The molecule has 0 radical (unpaired) electrons. The molecule has 112 valence electrons. The Morgan fingerprint density at radius 3 is 2.67 bits per heavy atom. The van der Waals surface area contributed by atoms with Crippen LogP contribution < -0.4 is 0 Å². The summed E-state index contributed by atoms with van der Waals surface area (Å²) in [4.78, 5) is 2.37. The molecule has 0 amide bonds. The Morgan fingerprint density at radius 1 is 1.14 bits per heavy atom. The molecule has 0 saturated carbocycles. The SMILES string of the molecule is Cc1ccc(C)c(-n2ccn(CN3CCOCC3)c2=S)c1. The molecular weight excluding hydrogens is 282 g/mol. The first-order chi connectivity index (χ1) is 10.1. The van der Waals surface area contributed by atoms with E-state index in [0.29, 0.717) is 0 Å². The molecule has 1 aromatic carbocycles. The van der Waals surface area contributed by atoms with E-state index in [9.17, 15) is 0 Å². The standard InChI is InChI=1S/C16H21N3OS/c1-13-3-4-14(2)15(11-13)19-6-5-18(16(19)21)12-17-7-9-20-10-8-17/h3-6,11H,7-10,12H2,1-2H3. The number of benzene rings is 1. The first kappa shape index (κ1) is 14.5. The summed E-state index contributed by atoms with van der Waals surface area (Å²) in [5.74, 6) is 0. The van der Waals surface area contributed by atoms with Crippen LogP contribution >= 0.6 is 12.2 Å². The van der Waals surface area contributed by atoms with Gasteiger partial charge in [0.1, 0.15) is 0 Å². The van der Waals surface area contributed by atoms with Crippen LogP contribution in [0.4, 0.5) is 0 Å². The third-order valence-electron chi connectivity index (χ3n) is 3.93. The zero-order chi connectivity index (χ0) is 14.8. The van der Waals surface area contributed by atoms with E-state index in [2.05, 4.69) is 58.5 Å². The molecule has 1 aliphatic rings. The molecule has 0 aliphatic carbocycles. The van der Waals surface area contributed by atoms with E-state index < -0.39 is 0 Å². The van der Waals surface area contributed by atoms with Crippen molar-refractivity contribution in [2.45, 2.75) is 20.5 Å². The molecule has 2 aromatic rings. The summed E-state index contributed by atoms with van der Waals surface area (Å²) in [6, 6.07) is 6.46. The van der Waals surface area contributed by atoms with Gasteiger partial charge in [-0.15, -0.1) is 0 Å². The van der Waals surface area contributed by atoms with Gasteiger partial charge in [0.25, 0.3) is 0 Å². The lowest BCUT2D eigenvalue weighted by atomic mass is 10.1. The number of aryl methyl sites for hydroxylation is 2. The quantitative estimate of drug-likeness (QED) is 0.814. The smallest absolute Gasteiger partial charge is 0.185 e. The zero-order valence-electron chi connectivity index (χ0n) is 12.6. The van der Waals surface area contributed by atoms with E-state index in [1.54, 1.807) is 0 Å². The van der Waals surface area contributed by atoms with Crippen LogP contribution in [-0.4, -0.2) is 40.3 Å². The van der Waals surface area contributed by atoms with Crippen LogP contribution in [0.5, 0.6) is 0 Å². The third kappa shape index (κ3) is 3.10. The van der Waals surface area contributed by atoms with E-state index in [1.807, 2.05) is 0 Å². The van der Waals surface area contributed by atoms with E-state index >= 15 is 0 Å². The van der Waals surface area contributed by atoms with Crippen LogP contribution in [0.15, 0.2) is 30.6 Å². The Kier molecular flexibility index (Phi) is 4.24. The molecule has 2 heterocycles. The molecule has 1 saturated heterocycles. The molecule has 1 aliphatic heterocycles. The van der Waals surface area contributed by atoms with Crippen molar-refractivity contribution in [2.75, 3.05) is 26.3 Å². The predicted molar refractivity (Wildman–Crippen MR) is 86.5 cm³/mol. The fourth-order valence-corrected chi connectivity index (χ4v) is 2.92. The Bertz CT molecular complexity index is 683. The van der Waals surface area contributed by atoms with Crippen molar-refractivity contribution in [3.8, 4) is 5.69 Å². The summed E-state index contributed by atoms with van der Waals surface area (Å²) < 4.78 is 10.5. The normalized spacial score (nSPS) is 16.3. The Labute approximate surface area is 130 Å². The molecule has 4 nitrogen and oxygen atoms in total. The molecule has 0 bridgehead atoms. The molecule has 1 aromatic heterocycles. The van der Waals surface area contributed by atoms with Crippen LogP contribution in [0.25, 0.3) is 5.69 Å². The highest BCUT2D eigenvalue weighted by atomic mass is 32.1. The first-order valence-electron chi connectivity index (χ1n) is 7.30. The summed E-state index contributed by atoms with van der Waals surface area (Å²) >= 11 is 5.65. The largest absolute Gasteiger partial charge is 0.379 e. The monoisotopic (exact) mass is 303 g/mol. The van der Waals surface area contributed by atoms with Gasteiger partial charge in [0.05, 0.1) is 25.6 Å². The van der Waals surface area contributed by atoms with Gasteiger partial charge in [0.2, 0.25) is 0 Å². The van der Waals surface area contributed by atoms with Crippen molar-refractivity contribution in [3.63, 3.8) is 0 Å². The highest BCUT2D eigenvalue weighted by Gasteiger charge is 2.12. The molecule has 1 fully saturated rings. The lowest BCUT2D eigenvalue weighted by Gasteiger charge is -2.26. The molecular formula is C16H21N3OS. The second-order valence-corrected chi connectivity index (χ2v) is 5.95. The van der Waals surface area contributed by atoms with Gasteiger partial charge in [-0.25, -0.2) is 0 Å². The molecule has 0 unspecified atom stereocenters. The minimum absolute atomic E-state index is 0.811. The number of aromatic nitrogens is 2. The maximum absolute atomic E-state index is 5.65. The zero-order valence-corrected chi connectivity index (χ0v) is 13.4. The molecule has 5 heteroatoms. The predicted octanol–water partition coefficient (Wildman–Crippen LogP) is 2.91. The Hall–Kier alpha value is -1.43. The van der Waals surface area contributed by atoms with Crippen molar-refractivity contribution in [3.05, 3.63) is 46.5 Å². The number of rotatable bonds is 3. The molecule has 0 atom stereocenters. The number of hydrogen-bond donors (Lipinski definition) is 0. The highest BCUT2D eigenvalue weighted by molar-refractivity contribution is 7.71. The average molecular weight is 303 g/mol. The van der Waals surface area contributed by atoms with Crippen molar-refractivity contribution in [1.29, 1.82) is 0 Å². The van der Waals surface area contributed by atoms with Gasteiger partial charge < -0.3 is 9.30 Å². The van der Waals surface area contributed by atoms with E-state index in [1.165, 1.54) is 16.8 Å². The summed E-state index contributed by atoms with van der Waals surface area (Å²) in [6.45, 7) is 8.62. The van der Waals surface area contributed by atoms with Gasteiger partial charge in [-0.1, -0.05) is 12.1 Å². The van der Waals surface area contributed by atoms with Gasteiger partial charge in [-0.05, 0) is 43.3 Å². The molecule has 3 rings (SSSR count). The highest BCUT2D eigenvalue weighted by Crippen LogP contribution is 2.17. The first-order valence-corrected chi connectivity index (χ1v) is 7.71. The average Bonchev–Trinajstić information content (AvgIpc) is 2.84. The fraction of sp³-hybridized carbons (Fsp3) is 0.438.